The molecule has 1 saturated carbocycles. The smallest absolute Gasteiger partial charge is 0.254 e. The van der Waals surface area contributed by atoms with Gasteiger partial charge in [0.05, 0.1) is 0 Å². The standard InChI is InChI=1S/C17H16FNO/c18-16-9-5-4-8-14(16)12-19(15-10-11-15)17(20)13-6-2-1-3-7-13/h1-9,15H,10-12H2. The van der Waals surface area contributed by atoms with E-state index < -0.39 is 0 Å². The summed E-state index contributed by atoms with van der Waals surface area (Å²) in [5.41, 5.74) is 1.24. The van der Waals surface area contributed by atoms with E-state index in [1.807, 2.05) is 18.2 Å². The van der Waals surface area contributed by atoms with Crippen LogP contribution in [0.2, 0.25) is 0 Å². The maximum Gasteiger partial charge on any atom is 0.254 e. The lowest BCUT2D eigenvalue weighted by atomic mass is 10.1. The van der Waals surface area contributed by atoms with Gasteiger partial charge in [0.2, 0.25) is 0 Å². The fourth-order valence-corrected chi connectivity index (χ4v) is 2.31. The van der Waals surface area contributed by atoms with Crippen molar-refractivity contribution in [3.05, 3.63) is 71.5 Å². The molecule has 0 spiro atoms. The molecule has 0 unspecified atom stereocenters. The summed E-state index contributed by atoms with van der Waals surface area (Å²) in [7, 11) is 0. The number of hydrogen-bond donors (Lipinski definition) is 0. The van der Waals surface area contributed by atoms with Gasteiger partial charge < -0.3 is 4.90 Å². The van der Waals surface area contributed by atoms with E-state index in [4.69, 9.17) is 0 Å². The summed E-state index contributed by atoms with van der Waals surface area (Å²) in [5.74, 6) is -0.268. The van der Waals surface area contributed by atoms with Crippen molar-refractivity contribution < 1.29 is 9.18 Å². The van der Waals surface area contributed by atoms with Crippen molar-refractivity contribution in [2.75, 3.05) is 0 Å². The minimum atomic E-state index is -0.251. The van der Waals surface area contributed by atoms with E-state index >= 15 is 0 Å². The number of hydrogen-bond acceptors (Lipinski definition) is 1. The van der Waals surface area contributed by atoms with Crippen LogP contribution >= 0.6 is 0 Å². The first-order valence-corrected chi connectivity index (χ1v) is 6.85. The lowest BCUT2D eigenvalue weighted by molar-refractivity contribution is 0.0728. The molecule has 0 aromatic heterocycles. The van der Waals surface area contributed by atoms with Gasteiger partial charge in [0, 0.05) is 23.7 Å². The molecule has 1 fully saturated rings. The van der Waals surface area contributed by atoms with E-state index in [-0.39, 0.29) is 17.8 Å². The second-order valence-electron chi connectivity index (χ2n) is 5.12. The Hall–Kier alpha value is -2.16. The van der Waals surface area contributed by atoms with Crippen LogP contribution in [-0.4, -0.2) is 16.8 Å². The van der Waals surface area contributed by atoms with Crippen molar-refractivity contribution >= 4 is 5.91 Å². The molecule has 0 N–H and O–H groups in total. The summed E-state index contributed by atoms with van der Waals surface area (Å²) < 4.78 is 13.8. The first kappa shape index (κ1) is 12.9. The lowest BCUT2D eigenvalue weighted by Gasteiger charge is -2.23. The molecule has 2 nitrogen and oxygen atoms in total. The van der Waals surface area contributed by atoms with Crippen LogP contribution in [0.1, 0.15) is 28.8 Å². The van der Waals surface area contributed by atoms with Crippen molar-refractivity contribution in [2.24, 2.45) is 0 Å². The number of carbonyl (C=O) groups is 1. The van der Waals surface area contributed by atoms with Gasteiger partial charge in [0.15, 0.2) is 0 Å². The minimum absolute atomic E-state index is 0.0173. The van der Waals surface area contributed by atoms with Gasteiger partial charge in [-0.25, -0.2) is 4.39 Å². The lowest BCUT2D eigenvalue weighted by Crippen LogP contribution is -2.32. The summed E-state index contributed by atoms with van der Waals surface area (Å²) in [4.78, 5) is 14.3. The molecule has 0 radical (unpaired) electrons. The Morgan fingerprint density at radius 3 is 2.35 bits per heavy atom. The van der Waals surface area contributed by atoms with Gasteiger partial charge in [-0.3, -0.25) is 4.79 Å². The molecule has 3 rings (SSSR count). The van der Waals surface area contributed by atoms with Gasteiger partial charge in [-0.05, 0) is 31.0 Å². The summed E-state index contributed by atoms with van der Waals surface area (Å²) in [6.45, 7) is 0.338. The summed E-state index contributed by atoms with van der Waals surface area (Å²) in [5, 5.41) is 0. The average molecular weight is 269 g/mol. The average Bonchev–Trinajstić information content (AvgIpc) is 3.31. The van der Waals surface area contributed by atoms with Crippen molar-refractivity contribution in [3.63, 3.8) is 0 Å². The van der Waals surface area contributed by atoms with Crippen LogP contribution in [0.3, 0.4) is 0 Å². The van der Waals surface area contributed by atoms with Crippen LogP contribution in [0.25, 0.3) is 0 Å². The second kappa shape index (κ2) is 5.45. The largest absolute Gasteiger partial charge is 0.331 e. The zero-order valence-electron chi connectivity index (χ0n) is 11.1. The molecular weight excluding hydrogens is 253 g/mol. The molecule has 0 bridgehead atoms. The van der Waals surface area contributed by atoms with Crippen molar-refractivity contribution in [1.29, 1.82) is 0 Å². The van der Waals surface area contributed by atoms with E-state index in [0.717, 1.165) is 12.8 Å². The third-order valence-corrected chi connectivity index (χ3v) is 3.57. The highest BCUT2D eigenvalue weighted by Gasteiger charge is 2.33. The molecule has 0 aliphatic heterocycles. The number of amides is 1. The fraction of sp³-hybridized carbons (Fsp3) is 0.235. The predicted octanol–water partition coefficient (Wildman–Crippen LogP) is 3.63. The SMILES string of the molecule is O=C(c1ccccc1)N(Cc1ccccc1F)C1CC1. The van der Waals surface area contributed by atoms with E-state index in [1.54, 1.807) is 35.2 Å². The number of benzene rings is 2. The second-order valence-corrected chi connectivity index (χ2v) is 5.12. The molecule has 102 valence electrons. The van der Waals surface area contributed by atoms with Crippen LogP contribution in [0.5, 0.6) is 0 Å². The molecule has 3 heteroatoms. The summed E-state index contributed by atoms with van der Waals surface area (Å²) >= 11 is 0. The molecule has 2 aromatic carbocycles. The molecule has 0 atom stereocenters. The number of rotatable bonds is 4. The first-order chi connectivity index (χ1) is 9.75. The summed E-state index contributed by atoms with van der Waals surface area (Å²) in [6.07, 6.45) is 2.01. The number of nitrogens with zero attached hydrogens (tertiary/aromatic N) is 1. The van der Waals surface area contributed by atoms with Crippen LogP contribution in [0, 0.1) is 5.82 Å². The molecule has 1 aliphatic carbocycles. The number of carbonyl (C=O) groups excluding carboxylic acids is 1. The van der Waals surface area contributed by atoms with Crippen LogP contribution in [0.4, 0.5) is 4.39 Å². The van der Waals surface area contributed by atoms with E-state index in [0.29, 0.717) is 17.7 Å². The Bertz CT molecular complexity index is 607. The van der Waals surface area contributed by atoms with Gasteiger partial charge >= 0.3 is 0 Å². The fourth-order valence-electron chi connectivity index (χ4n) is 2.31. The zero-order valence-corrected chi connectivity index (χ0v) is 11.1. The minimum Gasteiger partial charge on any atom is -0.331 e. The highest BCUT2D eigenvalue weighted by atomic mass is 19.1. The Morgan fingerprint density at radius 2 is 1.70 bits per heavy atom. The molecule has 1 amide bonds. The van der Waals surface area contributed by atoms with E-state index in [2.05, 4.69) is 0 Å². The van der Waals surface area contributed by atoms with Crippen molar-refractivity contribution in [1.82, 2.24) is 4.90 Å². The quantitative estimate of drug-likeness (QED) is 0.830. The van der Waals surface area contributed by atoms with Gasteiger partial charge in [-0.1, -0.05) is 36.4 Å². The van der Waals surface area contributed by atoms with Crippen molar-refractivity contribution in [3.8, 4) is 0 Å². The molecule has 20 heavy (non-hydrogen) atoms. The highest BCUT2D eigenvalue weighted by Crippen LogP contribution is 2.30. The molecule has 0 heterocycles. The van der Waals surface area contributed by atoms with Crippen LogP contribution in [-0.2, 0) is 6.54 Å². The first-order valence-electron chi connectivity index (χ1n) is 6.85. The number of halogens is 1. The Morgan fingerprint density at radius 1 is 1.05 bits per heavy atom. The molecule has 2 aromatic rings. The predicted molar refractivity (Wildman–Crippen MR) is 75.7 cm³/mol. The molecule has 1 aliphatic rings. The topological polar surface area (TPSA) is 20.3 Å². The third kappa shape index (κ3) is 2.72. The van der Waals surface area contributed by atoms with Gasteiger partial charge in [-0.2, -0.15) is 0 Å². The highest BCUT2D eigenvalue weighted by molar-refractivity contribution is 5.94. The van der Waals surface area contributed by atoms with Crippen molar-refractivity contribution in [2.45, 2.75) is 25.4 Å². The maximum atomic E-state index is 13.8. The van der Waals surface area contributed by atoms with Gasteiger partial charge in [0.1, 0.15) is 5.82 Å². The zero-order chi connectivity index (χ0) is 13.9. The Balaban J connectivity index is 1.83. The van der Waals surface area contributed by atoms with Gasteiger partial charge in [0.25, 0.3) is 5.91 Å². The van der Waals surface area contributed by atoms with E-state index in [9.17, 15) is 9.18 Å². The third-order valence-electron chi connectivity index (χ3n) is 3.57. The van der Waals surface area contributed by atoms with Gasteiger partial charge in [-0.15, -0.1) is 0 Å². The molecular formula is C17H16FNO. The Labute approximate surface area is 117 Å². The maximum absolute atomic E-state index is 13.8. The van der Waals surface area contributed by atoms with E-state index in [1.165, 1.54) is 6.07 Å². The monoisotopic (exact) mass is 269 g/mol. The van der Waals surface area contributed by atoms with Crippen LogP contribution < -0.4 is 0 Å². The molecule has 0 saturated heterocycles. The normalized spacial score (nSPS) is 14.1. The van der Waals surface area contributed by atoms with Crippen LogP contribution in [0.15, 0.2) is 54.6 Å². The Kier molecular flexibility index (Phi) is 3.50. The summed E-state index contributed by atoms with van der Waals surface area (Å²) in [6, 6.07) is 16.1.